The second kappa shape index (κ2) is 7.32. The lowest BCUT2D eigenvalue weighted by Gasteiger charge is -2.34. The van der Waals surface area contributed by atoms with E-state index in [1.54, 1.807) is 0 Å². The normalized spacial score (nSPS) is 16.1. The number of carbonyl (C=O) groups is 2. The third-order valence-electron chi connectivity index (χ3n) is 4.64. The zero-order valence-corrected chi connectivity index (χ0v) is 15.2. The van der Waals surface area contributed by atoms with Crippen LogP contribution in [0.3, 0.4) is 0 Å². The zero-order valence-electron chi connectivity index (χ0n) is 14.4. The minimum Gasteiger partial charge on any atom is -0.480 e. The molecule has 138 valence electrons. The SMILES string of the molecule is O=C(O)C1Cc2ccccc2CN1C(=O)CCc1nnc(-c2ccsc2)o1. The van der Waals surface area contributed by atoms with E-state index in [-0.39, 0.29) is 18.7 Å². The van der Waals surface area contributed by atoms with Crippen LogP contribution in [0.4, 0.5) is 0 Å². The van der Waals surface area contributed by atoms with Crippen molar-refractivity contribution in [1.29, 1.82) is 0 Å². The van der Waals surface area contributed by atoms with Gasteiger partial charge in [-0.25, -0.2) is 4.79 Å². The van der Waals surface area contributed by atoms with Gasteiger partial charge >= 0.3 is 5.97 Å². The number of carboxylic acids is 1. The number of benzene rings is 1. The van der Waals surface area contributed by atoms with E-state index in [0.29, 0.717) is 24.7 Å². The van der Waals surface area contributed by atoms with Crippen LogP contribution in [0.1, 0.15) is 23.4 Å². The summed E-state index contributed by atoms with van der Waals surface area (Å²) in [6, 6.07) is 8.66. The van der Waals surface area contributed by atoms with Gasteiger partial charge in [-0.05, 0) is 22.6 Å². The Kier molecular flexibility index (Phi) is 4.72. The fraction of sp³-hybridized carbons (Fsp3) is 0.263. The number of aromatic nitrogens is 2. The van der Waals surface area contributed by atoms with Gasteiger partial charge in [0.15, 0.2) is 0 Å². The zero-order chi connectivity index (χ0) is 18.8. The van der Waals surface area contributed by atoms with Gasteiger partial charge in [-0.1, -0.05) is 24.3 Å². The van der Waals surface area contributed by atoms with Crippen molar-refractivity contribution >= 4 is 23.2 Å². The fourth-order valence-corrected chi connectivity index (χ4v) is 3.85. The van der Waals surface area contributed by atoms with Crippen LogP contribution in [0.2, 0.25) is 0 Å². The molecule has 0 fully saturated rings. The van der Waals surface area contributed by atoms with E-state index in [4.69, 9.17) is 4.42 Å². The first-order valence-corrected chi connectivity index (χ1v) is 9.50. The Labute approximate surface area is 159 Å². The standard InChI is InChI=1S/C19H17N3O4S/c23-17(6-5-16-20-21-18(26-16)14-7-8-27-11-14)22-10-13-4-2-1-3-12(13)9-15(22)19(24)25/h1-4,7-8,11,15H,5-6,9-10H2,(H,24,25). The average Bonchev–Trinajstić information content (AvgIpc) is 3.36. The molecule has 2 aromatic heterocycles. The molecule has 27 heavy (non-hydrogen) atoms. The highest BCUT2D eigenvalue weighted by molar-refractivity contribution is 7.08. The fourth-order valence-electron chi connectivity index (χ4n) is 3.22. The first kappa shape index (κ1) is 17.4. The molecule has 0 radical (unpaired) electrons. The van der Waals surface area contributed by atoms with Gasteiger partial charge < -0.3 is 14.4 Å². The van der Waals surface area contributed by atoms with Gasteiger partial charge in [0, 0.05) is 36.8 Å². The lowest BCUT2D eigenvalue weighted by Crippen LogP contribution is -2.48. The Bertz CT molecular complexity index is 967. The van der Waals surface area contributed by atoms with E-state index in [9.17, 15) is 14.7 Å². The van der Waals surface area contributed by atoms with Crippen LogP contribution in [-0.2, 0) is 29.0 Å². The number of hydrogen-bond acceptors (Lipinski definition) is 6. The number of nitrogens with zero attached hydrogens (tertiary/aromatic N) is 3. The van der Waals surface area contributed by atoms with Crippen LogP contribution < -0.4 is 0 Å². The van der Waals surface area contributed by atoms with Crippen LogP contribution in [0.25, 0.3) is 11.5 Å². The van der Waals surface area contributed by atoms with Crippen molar-refractivity contribution in [2.45, 2.75) is 31.8 Å². The largest absolute Gasteiger partial charge is 0.480 e. The van der Waals surface area contributed by atoms with Crippen molar-refractivity contribution in [3.8, 4) is 11.5 Å². The summed E-state index contributed by atoms with van der Waals surface area (Å²) in [6.07, 6.45) is 0.720. The maximum absolute atomic E-state index is 12.7. The van der Waals surface area contributed by atoms with Crippen molar-refractivity contribution in [3.05, 3.63) is 58.1 Å². The van der Waals surface area contributed by atoms with Gasteiger partial charge in [0.25, 0.3) is 0 Å². The Morgan fingerprint density at radius 2 is 2.04 bits per heavy atom. The quantitative estimate of drug-likeness (QED) is 0.728. The molecule has 1 aliphatic heterocycles. The van der Waals surface area contributed by atoms with Crippen LogP contribution >= 0.6 is 11.3 Å². The number of rotatable bonds is 5. The Morgan fingerprint density at radius 1 is 1.22 bits per heavy atom. The van der Waals surface area contributed by atoms with Crippen molar-refractivity contribution in [3.63, 3.8) is 0 Å². The molecule has 3 heterocycles. The predicted octanol–water partition coefficient (Wildman–Crippen LogP) is 2.77. The van der Waals surface area contributed by atoms with Gasteiger partial charge in [0.1, 0.15) is 6.04 Å². The molecule has 0 bridgehead atoms. The molecule has 3 aromatic rings. The number of aryl methyl sites for hydroxylation is 1. The molecule has 0 saturated carbocycles. The molecule has 0 spiro atoms. The van der Waals surface area contributed by atoms with Crippen molar-refractivity contribution < 1.29 is 19.1 Å². The number of amides is 1. The van der Waals surface area contributed by atoms with E-state index in [1.165, 1.54) is 16.2 Å². The van der Waals surface area contributed by atoms with Crippen LogP contribution in [-0.4, -0.2) is 38.1 Å². The molecule has 1 aliphatic rings. The summed E-state index contributed by atoms with van der Waals surface area (Å²) in [5.41, 5.74) is 2.82. The summed E-state index contributed by atoms with van der Waals surface area (Å²) < 4.78 is 5.59. The summed E-state index contributed by atoms with van der Waals surface area (Å²) in [5.74, 6) is -0.426. The monoisotopic (exact) mass is 383 g/mol. The number of fused-ring (bicyclic) bond motifs is 1. The molecule has 8 heteroatoms. The molecule has 1 unspecified atom stereocenters. The lowest BCUT2D eigenvalue weighted by molar-refractivity contribution is -0.151. The summed E-state index contributed by atoms with van der Waals surface area (Å²) in [7, 11) is 0. The minimum atomic E-state index is -0.990. The maximum atomic E-state index is 12.7. The van der Waals surface area contributed by atoms with Crippen molar-refractivity contribution in [2.24, 2.45) is 0 Å². The summed E-state index contributed by atoms with van der Waals surface area (Å²) in [5, 5.41) is 21.3. The third kappa shape index (κ3) is 3.61. The Balaban J connectivity index is 1.45. The highest BCUT2D eigenvalue weighted by Crippen LogP contribution is 2.25. The van der Waals surface area contributed by atoms with Crippen molar-refractivity contribution in [2.75, 3.05) is 0 Å². The van der Waals surface area contributed by atoms with Crippen LogP contribution in [0.5, 0.6) is 0 Å². The number of carbonyl (C=O) groups excluding carboxylic acids is 1. The smallest absolute Gasteiger partial charge is 0.326 e. The first-order valence-electron chi connectivity index (χ1n) is 8.56. The van der Waals surface area contributed by atoms with Gasteiger partial charge in [0.05, 0.1) is 0 Å². The summed E-state index contributed by atoms with van der Waals surface area (Å²) >= 11 is 1.53. The first-order chi connectivity index (χ1) is 13.1. The molecule has 1 N–H and O–H groups in total. The van der Waals surface area contributed by atoms with E-state index in [2.05, 4.69) is 10.2 Å². The molecule has 4 rings (SSSR count). The van der Waals surface area contributed by atoms with E-state index < -0.39 is 12.0 Å². The molecule has 1 aromatic carbocycles. The number of hydrogen-bond donors (Lipinski definition) is 1. The lowest BCUT2D eigenvalue weighted by atomic mass is 9.93. The Hall–Kier alpha value is -3.00. The van der Waals surface area contributed by atoms with E-state index in [0.717, 1.165) is 16.7 Å². The summed E-state index contributed by atoms with van der Waals surface area (Å²) in [6.45, 7) is 0.302. The molecular formula is C19H17N3O4S. The van der Waals surface area contributed by atoms with Crippen molar-refractivity contribution in [1.82, 2.24) is 15.1 Å². The molecule has 0 saturated heterocycles. The molecular weight excluding hydrogens is 366 g/mol. The van der Waals surface area contributed by atoms with E-state index in [1.807, 2.05) is 41.1 Å². The Morgan fingerprint density at radius 3 is 2.78 bits per heavy atom. The highest BCUT2D eigenvalue weighted by atomic mass is 32.1. The molecule has 1 atom stereocenters. The highest BCUT2D eigenvalue weighted by Gasteiger charge is 2.34. The number of carboxylic acid groups (broad SMARTS) is 1. The maximum Gasteiger partial charge on any atom is 0.326 e. The number of thiophene rings is 1. The second-order valence-corrected chi connectivity index (χ2v) is 7.14. The van der Waals surface area contributed by atoms with Gasteiger partial charge in [-0.2, -0.15) is 11.3 Å². The van der Waals surface area contributed by atoms with Crippen LogP contribution in [0, 0.1) is 0 Å². The van der Waals surface area contributed by atoms with Gasteiger partial charge in [-0.15, -0.1) is 10.2 Å². The number of aliphatic carboxylic acids is 1. The third-order valence-corrected chi connectivity index (χ3v) is 5.32. The molecule has 7 nitrogen and oxygen atoms in total. The topological polar surface area (TPSA) is 96.5 Å². The van der Waals surface area contributed by atoms with E-state index >= 15 is 0 Å². The molecule has 0 aliphatic carbocycles. The average molecular weight is 383 g/mol. The van der Waals surface area contributed by atoms with Gasteiger partial charge in [0.2, 0.25) is 17.7 Å². The second-order valence-electron chi connectivity index (χ2n) is 6.36. The molecule has 1 amide bonds. The van der Waals surface area contributed by atoms with Gasteiger partial charge in [-0.3, -0.25) is 4.79 Å². The minimum absolute atomic E-state index is 0.122. The summed E-state index contributed by atoms with van der Waals surface area (Å²) in [4.78, 5) is 25.8. The van der Waals surface area contributed by atoms with Crippen LogP contribution in [0.15, 0.2) is 45.5 Å². The predicted molar refractivity (Wildman–Crippen MR) is 98.1 cm³/mol.